The molecule has 100 valence electrons. The molecule has 2 aromatic rings. The van der Waals surface area contributed by atoms with Crippen LogP contribution in [0.2, 0.25) is 15.6 Å². The SMILES string of the molecule is O=S(=O)(Nc1cc(Cl)nc(Cl)n1)c1cccnc1Cl. The van der Waals surface area contributed by atoms with Crippen molar-refractivity contribution < 1.29 is 8.42 Å². The summed E-state index contributed by atoms with van der Waals surface area (Å²) < 4.78 is 26.3. The minimum Gasteiger partial charge on any atom is -0.263 e. The van der Waals surface area contributed by atoms with E-state index >= 15 is 0 Å². The van der Waals surface area contributed by atoms with Gasteiger partial charge in [-0.05, 0) is 23.7 Å². The van der Waals surface area contributed by atoms with Crippen LogP contribution in [-0.4, -0.2) is 23.4 Å². The van der Waals surface area contributed by atoms with Crippen molar-refractivity contribution in [3.05, 3.63) is 40.0 Å². The number of pyridine rings is 1. The molecule has 0 aromatic carbocycles. The van der Waals surface area contributed by atoms with Gasteiger partial charge in [0.25, 0.3) is 10.0 Å². The van der Waals surface area contributed by atoms with Gasteiger partial charge in [0, 0.05) is 12.3 Å². The predicted molar refractivity (Wildman–Crippen MR) is 72.1 cm³/mol. The number of hydrogen-bond donors (Lipinski definition) is 1. The summed E-state index contributed by atoms with van der Waals surface area (Å²) in [4.78, 5) is 10.8. The summed E-state index contributed by atoms with van der Waals surface area (Å²) in [5, 5.41) is -0.321. The van der Waals surface area contributed by atoms with Crippen LogP contribution in [0.1, 0.15) is 0 Å². The van der Waals surface area contributed by atoms with E-state index in [0.29, 0.717) is 0 Å². The topological polar surface area (TPSA) is 84.8 Å². The van der Waals surface area contributed by atoms with Gasteiger partial charge in [-0.25, -0.2) is 18.4 Å². The highest BCUT2D eigenvalue weighted by Gasteiger charge is 2.19. The van der Waals surface area contributed by atoms with Crippen LogP contribution in [-0.2, 0) is 10.0 Å². The molecule has 0 unspecified atom stereocenters. The van der Waals surface area contributed by atoms with Crippen molar-refractivity contribution >= 4 is 50.6 Å². The van der Waals surface area contributed by atoms with Gasteiger partial charge in [-0.2, -0.15) is 4.98 Å². The lowest BCUT2D eigenvalue weighted by molar-refractivity contribution is 0.600. The Balaban J connectivity index is 2.39. The average molecular weight is 340 g/mol. The van der Waals surface area contributed by atoms with Gasteiger partial charge in [0.15, 0.2) is 0 Å². The van der Waals surface area contributed by atoms with Gasteiger partial charge in [0.1, 0.15) is 21.0 Å². The van der Waals surface area contributed by atoms with Crippen LogP contribution in [0.15, 0.2) is 29.3 Å². The van der Waals surface area contributed by atoms with E-state index in [1.54, 1.807) is 0 Å². The fourth-order valence-corrected chi connectivity index (χ4v) is 3.06. The zero-order valence-corrected chi connectivity index (χ0v) is 12.1. The smallest absolute Gasteiger partial charge is 0.263 e. The summed E-state index contributed by atoms with van der Waals surface area (Å²) in [5.41, 5.74) is 0. The lowest BCUT2D eigenvalue weighted by atomic mass is 10.5. The van der Waals surface area contributed by atoms with Crippen LogP contribution in [0, 0.1) is 0 Å². The first-order valence-corrected chi connectivity index (χ1v) is 7.33. The molecule has 0 atom stereocenters. The quantitative estimate of drug-likeness (QED) is 0.528. The molecule has 0 bridgehead atoms. The highest BCUT2D eigenvalue weighted by molar-refractivity contribution is 7.92. The van der Waals surface area contributed by atoms with Crippen molar-refractivity contribution in [1.82, 2.24) is 15.0 Å². The minimum atomic E-state index is -3.93. The largest absolute Gasteiger partial charge is 0.266 e. The molecular weight excluding hydrogens is 335 g/mol. The first-order valence-electron chi connectivity index (χ1n) is 4.72. The number of halogens is 3. The zero-order chi connectivity index (χ0) is 14.0. The van der Waals surface area contributed by atoms with Crippen molar-refractivity contribution in [2.45, 2.75) is 4.90 Å². The Bertz CT molecular complexity index is 703. The van der Waals surface area contributed by atoms with E-state index in [1.165, 1.54) is 24.4 Å². The normalized spacial score (nSPS) is 11.3. The van der Waals surface area contributed by atoms with Crippen LogP contribution in [0.3, 0.4) is 0 Å². The molecule has 0 aliphatic rings. The minimum absolute atomic E-state index is 0.00924. The molecule has 0 saturated carbocycles. The molecule has 2 rings (SSSR count). The fourth-order valence-electron chi connectivity index (χ4n) is 1.21. The highest BCUT2D eigenvalue weighted by Crippen LogP contribution is 2.22. The Morgan fingerprint density at radius 1 is 1.16 bits per heavy atom. The standard InChI is InChI=1S/C9H5Cl3N4O2S/c10-6-4-7(15-9(12)14-6)16-19(17,18)5-2-1-3-13-8(5)11/h1-4H,(H,14,15,16). The molecule has 0 spiro atoms. The monoisotopic (exact) mass is 338 g/mol. The molecule has 1 N–H and O–H groups in total. The highest BCUT2D eigenvalue weighted by atomic mass is 35.5. The first kappa shape index (κ1) is 14.3. The first-order chi connectivity index (χ1) is 8.88. The van der Waals surface area contributed by atoms with Gasteiger partial charge in [-0.1, -0.05) is 23.2 Å². The number of rotatable bonds is 3. The van der Waals surface area contributed by atoms with Gasteiger partial charge in [0.05, 0.1) is 0 Å². The van der Waals surface area contributed by atoms with Gasteiger partial charge >= 0.3 is 0 Å². The predicted octanol–water partition coefficient (Wildman–Crippen LogP) is 2.63. The molecular formula is C9H5Cl3N4O2S. The van der Waals surface area contributed by atoms with E-state index in [-0.39, 0.29) is 26.3 Å². The van der Waals surface area contributed by atoms with Crippen molar-refractivity contribution in [2.75, 3.05) is 4.72 Å². The Morgan fingerprint density at radius 2 is 1.89 bits per heavy atom. The molecule has 0 fully saturated rings. The van der Waals surface area contributed by atoms with Gasteiger partial charge in [-0.3, -0.25) is 4.72 Å². The van der Waals surface area contributed by atoms with Crippen LogP contribution >= 0.6 is 34.8 Å². The summed E-state index contributed by atoms with van der Waals surface area (Å²) >= 11 is 16.9. The Hall–Kier alpha value is -1.15. The molecule has 0 amide bonds. The number of hydrogen-bond acceptors (Lipinski definition) is 5. The summed E-state index contributed by atoms with van der Waals surface area (Å²) in [6.07, 6.45) is 1.37. The third kappa shape index (κ3) is 3.44. The number of aromatic nitrogens is 3. The average Bonchev–Trinajstić information content (AvgIpc) is 2.26. The number of anilines is 1. The molecule has 0 radical (unpaired) electrons. The lowest BCUT2D eigenvalue weighted by Crippen LogP contribution is -2.15. The summed E-state index contributed by atoms with van der Waals surface area (Å²) in [7, 11) is -3.93. The van der Waals surface area contributed by atoms with Crippen LogP contribution < -0.4 is 4.72 Å². The maximum Gasteiger partial charge on any atom is 0.266 e. The van der Waals surface area contributed by atoms with E-state index in [9.17, 15) is 8.42 Å². The van der Waals surface area contributed by atoms with E-state index in [1.807, 2.05) is 0 Å². The van der Waals surface area contributed by atoms with Gasteiger partial charge in [0.2, 0.25) is 5.28 Å². The molecule has 10 heteroatoms. The van der Waals surface area contributed by atoms with Crippen molar-refractivity contribution in [3.63, 3.8) is 0 Å². The summed E-state index contributed by atoms with van der Waals surface area (Å²) in [5.74, 6) is -0.0649. The second-order valence-corrected chi connectivity index (χ2v) is 5.98. The number of nitrogens with zero attached hydrogens (tertiary/aromatic N) is 3. The molecule has 2 heterocycles. The molecule has 2 aromatic heterocycles. The fraction of sp³-hybridized carbons (Fsp3) is 0. The van der Waals surface area contributed by atoms with Crippen molar-refractivity contribution in [2.24, 2.45) is 0 Å². The maximum absolute atomic E-state index is 12.1. The molecule has 0 aliphatic carbocycles. The number of nitrogens with one attached hydrogen (secondary N) is 1. The Morgan fingerprint density at radius 3 is 2.53 bits per heavy atom. The number of sulfonamides is 1. The third-order valence-electron chi connectivity index (χ3n) is 1.92. The second kappa shape index (κ2) is 5.46. The summed E-state index contributed by atoms with van der Waals surface area (Å²) in [6, 6.07) is 3.97. The Kier molecular flexibility index (Phi) is 4.10. The van der Waals surface area contributed by atoms with E-state index < -0.39 is 10.0 Å². The van der Waals surface area contributed by atoms with Crippen molar-refractivity contribution in [1.29, 1.82) is 0 Å². The zero-order valence-electron chi connectivity index (χ0n) is 9.01. The van der Waals surface area contributed by atoms with E-state index in [0.717, 1.165) is 0 Å². The molecule has 6 nitrogen and oxygen atoms in total. The van der Waals surface area contributed by atoms with Crippen LogP contribution in [0.25, 0.3) is 0 Å². The van der Waals surface area contributed by atoms with Gasteiger partial charge < -0.3 is 0 Å². The van der Waals surface area contributed by atoms with Crippen molar-refractivity contribution in [3.8, 4) is 0 Å². The van der Waals surface area contributed by atoms with Crippen LogP contribution in [0.5, 0.6) is 0 Å². The van der Waals surface area contributed by atoms with Crippen LogP contribution in [0.4, 0.5) is 5.82 Å². The second-order valence-electron chi connectivity index (χ2n) is 3.24. The lowest BCUT2D eigenvalue weighted by Gasteiger charge is -2.08. The maximum atomic E-state index is 12.1. The molecule has 19 heavy (non-hydrogen) atoms. The summed E-state index contributed by atoms with van der Waals surface area (Å²) in [6.45, 7) is 0. The third-order valence-corrected chi connectivity index (χ3v) is 4.08. The molecule has 0 saturated heterocycles. The van der Waals surface area contributed by atoms with Gasteiger partial charge in [-0.15, -0.1) is 0 Å². The molecule has 0 aliphatic heterocycles. The Labute approximate surface area is 123 Å². The van der Waals surface area contributed by atoms with E-state index in [4.69, 9.17) is 34.8 Å². The van der Waals surface area contributed by atoms with E-state index in [2.05, 4.69) is 19.7 Å².